The number of rotatable bonds is 11. The quantitative estimate of drug-likeness (QED) is 0.185. The molecule has 0 aliphatic heterocycles. The Balaban J connectivity index is 1.34. The van der Waals surface area contributed by atoms with E-state index in [9.17, 15) is 14.0 Å². The van der Waals surface area contributed by atoms with Gasteiger partial charge < -0.3 is 19.5 Å². The number of aromatic nitrogens is 1. The van der Waals surface area contributed by atoms with E-state index in [0.29, 0.717) is 45.1 Å². The summed E-state index contributed by atoms with van der Waals surface area (Å²) in [7, 11) is 0. The maximum Gasteiger partial charge on any atom is 0.277 e. The number of hydrazone groups is 1. The summed E-state index contributed by atoms with van der Waals surface area (Å²) in [6.45, 7) is 1.63. The Labute approximate surface area is 232 Å². The smallest absolute Gasteiger partial charge is 0.277 e. The minimum absolute atomic E-state index is 0.245. The normalized spacial score (nSPS) is 10.8. The molecule has 2 amide bonds. The molecule has 0 radical (unpaired) electrons. The number of anilines is 1. The van der Waals surface area contributed by atoms with Crippen molar-refractivity contribution in [2.45, 2.75) is 6.92 Å². The molecule has 4 aromatic rings. The van der Waals surface area contributed by atoms with Gasteiger partial charge in [-0.25, -0.2) is 9.82 Å². The number of pyridine rings is 1. The number of nitrogens with one attached hydrogen (secondary N) is 2. The van der Waals surface area contributed by atoms with Crippen LogP contribution < -0.4 is 25.0 Å². The molecule has 0 bridgehead atoms. The van der Waals surface area contributed by atoms with Crippen LogP contribution in [-0.2, 0) is 9.59 Å². The van der Waals surface area contributed by atoms with E-state index in [-0.39, 0.29) is 13.2 Å². The Morgan fingerprint density at radius 1 is 0.949 bits per heavy atom. The molecule has 4 rings (SSSR count). The van der Waals surface area contributed by atoms with Gasteiger partial charge in [-0.1, -0.05) is 18.2 Å². The molecular formula is C28H24BrFN4O5. The molecule has 0 saturated carbocycles. The maximum absolute atomic E-state index is 13.1. The standard InChI is InChI=1S/C28H24BrFN4O5/c1-2-37-24-13-19(22(29)14-25(24)39-16-26(35)33-21-10-8-20(30)9-11-21)15-32-34-27(36)17-38-23-7-3-5-18-6-4-12-31-28(18)23/h3-15H,2,16-17H2,1H3,(H,33,35)(H,34,36)/b32-15+. The second-order valence-electron chi connectivity index (χ2n) is 8.01. The molecule has 200 valence electrons. The molecule has 0 saturated heterocycles. The summed E-state index contributed by atoms with van der Waals surface area (Å²) in [6, 6.07) is 17.9. The van der Waals surface area contributed by atoms with Crippen LogP contribution in [0.1, 0.15) is 12.5 Å². The molecule has 3 aromatic carbocycles. The number of nitrogens with zero attached hydrogens (tertiary/aromatic N) is 2. The van der Waals surface area contributed by atoms with Crippen LogP contribution in [0.25, 0.3) is 10.9 Å². The van der Waals surface area contributed by atoms with Crippen LogP contribution in [-0.4, -0.2) is 42.8 Å². The third kappa shape index (κ3) is 7.74. The first-order chi connectivity index (χ1) is 18.9. The highest BCUT2D eigenvalue weighted by Crippen LogP contribution is 2.33. The summed E-state index contributed by atoms with van der Waals surface area (Å²) in [5, 5.41) is 7.53. The number of para-hydroxylation sites is 1. The third-order valence-electron chi connectivity index (χ3n) is 5.20. The van der Waals surface area contributed by atoms with Crippen LogP contribution in [0.15, 0.2) is 82.5 Å². The van der Waals surface area contributed by atoms with Crippen molar-refractivity contribution in [3.8, 4) is 17.2 Å². The van der Waals surface area contributed by atoms with Crippen molar-refractivity contribution >= 4 is 50.5 Å². The van der Waals surface area contributed by atoms with Gasteiger partial charge in [0.2, 0.25) is 0 Å². The van der Waals surface area contributed by atoms with Crippen molar-refractivity contribution in [2.24, 2.45) is 5.10 Å². The summed E-state index contributed by atoms with van der Waals surface area (Å²) in [4.78, 5) is 28.8. The lowest BCUT2D eigenvalue weighted by molar-refractivity contribution is -0.123. The number of carbonyl (C=O) groups is 2. The molecule has 0 spiro atoms. The van der Waals surface area contributed by atoms with Crippen molar-refractivity contribution in [3.63, 3.8) is 0 Å². The molecule has 0 unspecified atom stereocenters. The van der Waals surface area contributed by atoms with Gasteiger partial charge in [-0.15, -0.1) is 0 Å². The zero-order chi connectivity index (χ0) is 27.6. The fourth-order valence-corrected chi connectivity index (χ4v) is 3.87. The van der Waals surface area contributed by atoms with Crippen molar-refractivity contribution < 1.29 is 28.2 Å². The predicted molar refractivity (Wildman–Crippen MR) is 149 cm³/mol. The van der Waals surface area contributed by atoms with Crippen molar-refractivity contribution in [2.75, 3.05) is 25.1 Å². The number of carbonyl (C=O) groups excluding carboxylic acids is 2. The second-order valence-corrected chi connectivity index (χ2v) is 8.86. The molecule has 1 heterocycles. The average molecular weight is 595 g/mol. The van der Waals surface area contributed by atoms with Crippen LogP contribution >= 0.6 is 15.9 Å². The molecular weight excluding hydrogens is 571 g/mol. The molecule has 0 atom stereocenters. The molecule has 0 fully saturated rings. The zero-order valence-corrected chi connectivity index (χ0v) is 22.4. The third-order valence-corrected chi connectivity index (χ3v) is 5.88. The fourth-order valence-electron chi connectivity index (χ4n) is 3.45. The number of halogens is 2. The highest BCUT2D eigenvalue weighted by atomic mass is 79.9. The minimum atomic E-state index is -0.451. The number of hydrogen-bond acceptors (Lipinski definition) is 7. The predicted octanol–water partition coefficient (Wildman–Crippen LogP) is 5.08. The molecule has 1 aromatic heterocycles. The van der Waals surface area contributed by atoms with Crippen molar-refractivity contribution in [1.82, 2.24) is 10.4 Å². The summed E-state index contributed by atoms with van der Waals surface area (Å²) in [6.07, 6.45) is 3.10. The highest BCUT2D eigenvalue weighted by Gasteiger charge is 2.13. The van der Waals surface area contributed by atoms with Crippen LogP contribution in [0.4, 0.5) is 10.1 Å². The van der Waals surface area contributed by atoms with E-state index in [4.69, 9.17) is 14.2 Å². The van der Waals surface area contributed by atoms with Gasteiger partial charge in [0.15, 0.2) is 24.7 Å². The van der Waals surface area contributed by atoms with E-state index in [1.807, 2.05) is 31.2 Å². The first-order valence-corrected chi connectivity index (χ1v) is 12.6. The molecule has 9 nitrogen and oxygen atoms in total. The first-order valence-electron chi connectivity index (χ1n) is 11.9. The van der Waals surface area contributed by atoms with Crippen molar-refractivity contribution in [1.29, 1.82) is 0 Å². The number of ether oxygens (including phenoxy) is 3. The molecule has 11 heteroatoms. The van der Waals surface area contributed by atoms with E-state index in [0.717, 1.165) is 5.39 Å². The second kappa shape index (κ2) is 13.3. The number of fused-ring (bicyclic) bond motifs is 1. The number of amides is 2. The van der Waals surface area contributed by atoms with Crippen LogP contribution in [0.5, 0.6) is 17.2 Å². The lowest BCUT2D eigenvalue weighted by Gasteiger charge is -2.14. The van der Waals surface area contributed by atoms with E-state index >= 15 is 0 Å². The number of benzene rings is 3. The topological polar surface area (TPSA) is 111 Å². The Morgan fingerprint density at radius 3 is 2.46 bits per heavy atom. The minimum Gasteiger partial charge on any atom is -0.490 e. The summed E-state index contributed by atoms with van der Waals surface area (Å²) < 4.78 is 30.6. The Bertz CT molecular complexity index is 1490. The van der Waals surface area contributed by atoms with Gasteiger partial charge in [-0.2, -0.15) is 5.10 Å². The summed E-state index contributed by atoms with van der Waals surface area (Å²) in [5.41, 5.74) is 4.14. The van der Waals surface area contributed by atoms with Gasteiger partial charge in [0, 0.05) is 27.3 Å². The van der Waals surface area contributed by atoms with Crippen LogP contribution in [0.3, 0.4) is 0 Å². The van der Waals surface area contributed by atoms with Crippen LogP contribution in [0, 0.1) is 5.82 Å². The van der Waals surface area contributed by atoms with Gasteiger partial charge in [0.1, 0.15) is 17.1 Å². The molecule has 0 aliphatic rings. The van der Waals surface area contributed by atoms with E-state index < -0.39 is 17.6 Å². The van der Waals surface area contributed by atoms with E-state index in [2.05, 4.69) is 36.8 Å². The first kappa shape index (κ1) is 27.5. The van der Waals surface area contributed by atoms with Gasteiger partial charge in [0.25, 0.3) is 11.8 Å². The van der Waals surface area contributed by atoms with Gasteiger partial charge in [-0.3, -0.25) is 14.6 Å². The fraction of sp³-hybridized carbons (Fsp3) is 0.143. The largest absolute Gasteiger partial charge is 0.490 e. The van der Waals surface area contributed by atoms with Gasteiger partial charge in [-0.05, 0) is 71.4 Å². The maximum atomic E-state index is 13.1. The summed E-state index contributed by atoms with van der Waals surface area (Å²) >= 11 is 3.44. The summed E-state index contributed by atoms with van der Waals surface area (Å²) in [5.74, 6) is -0.0580. The molecule has 0 aliphatic carbocycles. The molecule has 39 heavy (non-hydrogen) atoms. The van der Waals surface area contributed by atoms with E-state index in [1.165, 1.54) is 30.5 Å². The van der Waals surface area contributed by atoms with Gasteiger partial charge in [0.05, 0.1) is 12.8 Å². The monoisotopic (exact) mass is 594 g/mol. The Morgan fingerprint density at radius 2 is 1.67 bits per heavy atom. The average Bonchev–Trinajstić information content (AvgIpc) is 2.94. The van der Waals surface area contributed by atoms with Crippen molar-refractivity contribution in [3.05, 3.63) is 88.8 Å². The Hall–Kier alpha value is -4.51. The van der Waals surface area contributed by atoms with Crippen LogP contribution in [0.2, 0.25) is 0 Å². The molecule has 2 N–H and O–H groups in total. The Kier molecular flexibility index (Phi) is 9.41. The SMILES string of the molecule is CCOc1cc(/C=N/NC(=O)COc2cccc3cccnc23)c(Br)cc1OCC(=O)Nc1ccc(F)cc1. The lowest BCUT2D eigenvalue weighted by Crippen LogP contribution is -2.24. The number of hydrogen-bond donors (Lipinski definition) is 2. The highest BCUT2D eigenvalue weighted by molar-refractivity contribution is 9.10. The van der Waals surface area contributed by atoms with E-state index in [1.54, 1.807) is 24.4 Å². The zero-order valence-electron chi connectivity index (χ0n) is 20.8. The lowest BCUT2D eigenvalue weighted by atomic mass is 10.2. The van der Waals surface area contributed by atoms with Gasteiger partial charge >= 0.3 is 0 Å².